The van der Waals surface area contributed by atoms with Crippen molar-refractivity contribution in [3.05, 3.63) is 54.1 Å². The third kappa shape index (κ3) is 9.20. The van der Waals surface area contributed by atoms with Gasteiger partial charge in [-0.2, -0.15) is 13.5 Å². The summed E-state index contributed by atoms with van der Waals surface area (Å²) >= 11 is 0. The zero-order chi connectivity index (χ0) is 34.0. The van der Waals surface area contributed by atoms with Gasteiger partial charge in [0.1, 0.15) is 17.1 Å². The van der Waals surface area contributed by atoms with Gasteiger partial charge < -0.3 is 11.5 Å². The molecule has 0 amide bonds. The van der Waals surface area contributed by atoms with Crippen LogP contribution < -0.4 is 11.5 Å². The van der Waals surface area contributed by atoms with E-state index < -0.39 is 66.7 Å². The van der Waals surface area contributed by atoms with Crippen LogP contribution in [0.5, 0.6) is 0 Å². The summed E-state index contributed by atoms with van der Waals surface area (Å²) in [5, 5.41) is 15.8. The lowest BCUT2D eigenvalue weighted by atomic mass is 10.1. The number of Topliss-reactive ketones (excluding diaryl/α,β-unsaturated/α-hetero) is 1. The first kappa shape index (κ1) is 35.4. The largest absolute Gasteiger partial charge is 0.396 e. The minimum Gasteiger partial charge on any atom is -0.396 e. The van der Waals surface area contributed by atoms with Crippen molar-refractivity contribution in [3.8, 4) is 0 Å². The molecule has 0 saturated heterocycles. The smallest absolute Gasteiger partial charge is 0.264 e. The van der Waals surface area contributed by atoms with Crippen LogP contribution in [0.3, 0.4) is 0 Å². The van der Waals surface area contributed by atoms with E-state index in [-0.39, 0.29) is 39.9 Å². The molecule has 0 atom stereocenters. The number of rotatable bonds is 12. The van der Waals surface area contributed by atoms with Gasteiger partial charge in [-0.05, 0) is 43.3 Å². The fourth-order valence-corrected chi connectivity index (χ4v) is 6.97. The monoisotopic (exact) mass is 700 g/mol. The number of benzene rings is 3. The van der Waals surface area contributed by atoms with Gasteiger partial charge in [-0.1, -0.05) is 12.1 Å². The van der Waals surface area contributed by atoms with Gasteiger partial charge in [-0.15, -0.1) is 15.3 Å². The van der Waals surface area contributed by atoms with Crippen LogP contribution >= 0.6 is 0 Å². The van der Waals surface area contributed by atoms with Gasteiger partial charge in [0.2, 0.25) is 0 Å². The molecule has 0 bridgehead atoms. The Morgan fingerprint density at radius 1 is 0.733 bits per heavy atom. The van der Waals surface area contributed by atoms with Gasteiger partial charge in [0.05, 0.1) is 50.4 Å². The number of nitrogens with two attached hydrogens (primary N) is 2. The summed E-state index contributed by atoms with van der Waals surface area (Å²) in [6.45, 7) is 0.662. The zero-order valence-electron chi connectivity index (χ0n) is 24.2. The van der Waals surface area contributed by atoms with Gasteiger partial charge in [0, 0.05) is 18.1 Å². The number of carbonyl (C=O) groups is 1. The molecule has 0 aliphatic heterocycles. The highest BCUT2D eigenvalue weighted by molar-refractivity contribution is 7.92. The van der Waals surface area contributed by atoms with Crippen molar-refractivity contribution < 1.29 is 42.6 Å². The maximum Gasteiger partial charge on any atom is 0.264 e. The van der Waals surface area contributed by atoms with Crippen LogP contribution in [0.25, 0.3) is 0 Å². The molecule has 20 heteroatoms. The van der Waals surface area contributed by atoms with Crippen LogP contribution in [-0.2, 0) is 43.8 Å². The quantitative estimate of drug-likeness (QED) is 0.119. The van der Waals surface area contributed by atoms with Crippen LogP contribution in [0.4, 0.5) is 34.1 Å². The molecule has 242 valence electrons. The predicted molar refractivity (Wildman–Crippen MR) is 166 cm³/mol. The number of hydrogen-bond acceptors (Lipinski definition) is 16. The third-order valence-electron chi connectivity index (χ3n) is 5.84. The summed E-state index contributed by atoms with van der Waals surface area (Å²) < 4.78 is 102. The fourth-order valence-electron chi connectivity index (χ4n) is 3.64. The van der Waals surface area contributed by atoms with Crippen LogP contribution in [0.1, 0.15) is 17.3 Å². The van der Waals surface area contributed by atoms with Gasteiger partial charge in [0.25, 0.3) is 10.1 Å². The van der Waals surface area contributed by atoms with Crippen LogP contribution in [0, 0.1) is 0 Å². The standard InChI is InChI=1S/C25H28N6O10S4/c1-15(32)16-6-5-7-17(12-16)28-31-25-23(26)20(14-22(24(25)27)43(3,35)36)30-29-19-9-8-18(13-21(19)42(2,33)34)45(39,40)11-10-41-44(4,37)38/h5-9,12-14H,10-11,26-27H2,1-4H3. The molecule has 0 aromatic heterocycles. The highest BCUT2D eigenvalue weighted by atomic mass is 32.2. The minimum absolute atomic E-state index is 0.227. The van der Waals surface area contributed by atoms with E-state index in [1.165, 1.54) is 19.1 Å². The van der Waals surface area contributed by atoms with Crippen molar-refractivity contribution in [1.29, 1.82) is 0 Å². The van der Waals surface area contributed by atoms with E-state index in [4.69, 9.17) is 11.5 Å². The lowest BCUT2D eigenvalue weighted by molar-refractivity contribution is 0.101. The Balaban J connectivity index is 2.12. The van der Waals surface area contributed by atoms with Crippen LogP contribution in [-0.4, -0.2) is 70.6 Å². The molecule has 0 aliphatic rings. The molecule has 0 aliphatic carbocycles. The maximum absolute atomic E-state index is 12.7. The second-order valence-electron chi connectivity index (χ2n) is 9.60. The molecule has 16 nitrogen and oxygen atoms in total. The Bertz CT molecular complexity index is 2180. The minimum atomic E-state index is -4.19. The molecule has 45 heavy (non-hydrogen) atoms. The fraction of sp³-hybridized carbons (Fsp3) is 0.240. The van der Waals surface area contributed by atoms with Gasteiger partial charge in [0.15, 0.2) is 35.3 Å². The van der Waals surface area contributed by atoms with E-state index in [0.717, 1.165) is 43.0 Å². The molecule has 0 radical (unpaired) electrons. The van der Waals surface area contributed by atoms with E-state index in [1.54, 1.807) is 12.1 Å². The summed E-state index contributed by atoms with van der Waals surface area (Å²) in [6, 6.07) is 9.98. The highest BCUT2D eigenvalue weighted by Crippen LogP contribution is 2.43. The number of carbonyl (C=O) groups excluding carboxylic acids is 1. The van der Waals surface area contributed by atoms with Crippen molar-refractivity contribution in [2.24, 2.45) is 20.5 Å². The lowest BCUT2D eigenvalue weighted by Crippen LogP contribution is -2.15. The number of azo groups is 2. The van der Waals surface area contributed by atoms with Gasteiger partial charge in [-0.25, -0.2) is 25.3 Å². The Kier molecular flexibility index (Phi) is 10.3. The number of hydrogen-bond donors (Lipinski definition) is 2. The van der Waals surface area contributed by atoms with E-state index in [9.17, 15) is 38.5 Å². The van der Waals surface area contributed by atoms with Crippen molar-refractivity contribution >= 4 is 79.5 Å². The van der Waals surface area contributed by atoms with Crippen LogP contribution in [0.2, 0.25) is 0 Å². The van der Waals surface area contributed by atoms with Crippen LogP contribution in [0.15, 0.2) is 83.7 Å². The Labute approximate surface area is 260 Å². The molecule has 0 saturated carbocycles. The second-order valence-corrected chi connectivity index (χ2v) is 17.3. The third-order valence-corrected chi connectivity index (χ3v) is 10.4. The number of anilines is 2. The summed E-state index contributed by atoms with van der Waals surface area (Å²) in [7, 11) is -16.2. The van der Waals surface area contributed by atoms with E-state index in [0.29, 0.717) is 5.56 Å². The number of sulfone groups is 3. The molecule has 3 aromatic carbocycles. The number of nitrogen functional groups attached to an aromatic ring is 2. The van der Waals surface area contributed by atoms with E-state index >= 15 is 0 Å². The maximum atomic E-state index is 12.7. The molecule has 3 aromatic rings. The van der Waals surface area contributed by atoms with Gasteiger partial charge in [-0.3, -0.25) is 8.98 Å². The summed E-state index contributed by atoms with van der Waals surface area (Å²) in [4.78, 5) is 10.3. The Hall–Kier alpha value is -4.11. The predicted octanol–water partition coefficient (Wildman–Crippen LogP) is 3.44. The molecule has 4 N–H and O–H groups in total. The molecular weight excluding hydrogens is 673 g/mol. The second kappa shape index (κ2) is 13.1. The molecule has 0 unspecified atom stereocenters. The molecule has 0 spiro atoms. The van der Waals surface area contributed by atoms with Gasteiger partial charge >= 0.3 is 0 Å². The SMILES string of the molecule is CC(=O)c1cccc(N=Nc2c(N)c(N=Nc3ccc(S(=O)(=O)CCOS(C)(=O)=O)cc3S(C)(=O)=O)cc(S(C)(=O)=O)c2N)c1. The first-order valence-corrected chi connectivity index (χ1v) is 19.6. The van der Waals surface area contributed by atoms with Crippen molar-refractivity contribution in [3.63, 3.8) is 0 Å². The van der Waals surface area contributed by atoms with Crippen molar-refractivity contribution in [2.45, 2.75) is 21.6 Å². The molecule has 0 fully saturated rings. The van der Waals surface area contributed by atoms with Crippen molar-refractivity contribution in [1.82, 2.24) is 0 Å². The average molecular weight is 701 g/mol. The summed E-state index contributed by atoms with van der Waals surface area (Å²) in [6.07, 6.45) is 2.41. The molecule has 0 heterocycles. The van der Waals surface area contributed by atoms with E-state index in [2.05, 4.69) is 24.6 Å². The highest BCUT2D eigenvalue weighted by Gasteiger charge is 2.23. The first-order chi connectivity index (χ1) is 20.6. The topological polar surface area (TPSA) is 264 Å². The molecule has 3 rings (SSSR count). The van der Waals surface area contributed by atoms with E-state index in [1.807, 2.05) is 0 Å². The summed E-state index contributed by atoms with van der Waals surface area (Å²) in [5.74, 6) is -0.996. The number of ketones is 1. The Morgan fingerprint density at radius 2 is 1.36 bits per heavy atom. The summed E-state index contributed by atoms with van der Waals surface area (Å²) in [5.41, 5.74) is 11.3. The first-order valence-electron chi connectivity index (χ1n) is 12.4. The molecular formula is C25H28N6O10S4. The normalized spacial score (nSPS) is 13.1. The Morgan fingerprint density at radius 3 is 1.93 bits per heavy atom. The average Bonchev–Trinajstić information content (AvgIpc) is 2.90. The van der Waals surface area contributed by atoms with Crippen molar-refractivity contribution in [2.75, 3.05) is 42.6 Å². The zero-order valence-corrected chi connectivity index (χ0v) is 27.5. The number of nitrogens with zero attached hydrogens (tertiary/aromatic N) is 4. The lowest BCUT2D eigenvalue weighted by Gasteiger charge is -2.11.